The van der Waals surface area contributed by atoms with E-state index in [4.69, 9.17) is 0 Å². The quantitative estimate of drug-likeness (QED) is 0.843. The number of amides is 1. The Kier molecular flexibility index (Phi) is 4.62. The van der Waals surface area contributed by atoms with E-state index in [2.05, 4.69) is 0 Å². The minimum atomic E-state index is -3.75. The molecule has 0 bridgehead atoms. The Morgan fingerprint density at radius 1 is 1.00 bits per heavy atom. The first-order valence-electron chi connectivity index (χ1n) is 7.96. The summed E-state index contributed by atoms with van der Waals surface area (Å²) in [5.41, 5.74) is 1.52. The van der Waals surface area contributed by atoms with Crippen molar-refractivity contribution >= 4 is 21.6 Å². The first-order chi connectivity index (χ1) is 11.8. The molecule has 5 nitrogen and oxygen atoms in total. The predicted molar refractivity (Wildman–Crippen MR) is 93.3 cm³/mol. The van der Waals surface area contributed by atoms with Crippen LogP contribution >= 0.6 is 0 Å². The van der Waals surface area contributed by atoms with Gasteiger partial charge in [-0.25, -0.2) is 12.8 Å². The van der Waals surface area contributed by atoms with Crippen molar-refractivity contribution in [2.24, 2.45) is 0 Å². The van der Waals surface area contributed by atoms with Crippen molar-refractivity contribution < 1.29 is 17.6 Å². The van der Waals surface area contributed by atoms with Crippen LogP contribution in [0, 0.1) is 12.7 Å². The van der Waals surface area contributed by atoms with Crippen LogP contribution in [0.25, 0.3) is 0 Å². The number of rotatable bonds is 3. The van der Waals surface area contributed by atoms with Crippen LogP contribution in [0.1, 0.15) is 12.5 Å². The van der Waals surface area contributed by atoms with E-state index >= 15 is 0 Å². The summed E-state index contributed by atoms with van der Waals surface area (Å²) in [6, 6.07) is 11.3. The van der Waals surface area contributed by atoms with E-state index in [9.17, 15) is 17.6 Å². The van der Waals surface area contributed by atoms with Gasteiger partial charge in [-0.15, -0.1) is 0 Å². The molecule has 1 heterocycles. The fraction of sp³-hybridized carbons (Fsp3) is 0.278. The van der Waals surface area contributed by atoms with E-state index in [-0.39, 0.29) is 29.7 Å². The van der Waals surface area contributed by atoms with Crippen molar-refractivity contribution in [1.82, 2.24) is 4.31 Å². The van der Waals surface area contributed by atoms with Gasteiger partial charge in [0.15, 0.2) is 0 Å². The van der Waals surface area contributed by atoms with Gasteiger partial charge in [-0.2, -0.15) is 4.31 Å². The molecule has 1 aliphatic heterocycles. The number of hydrogen-bond acceptors (Lipinski definition) is 3. The van der Waals surface area contributed by atoms with E-state index in [0.717, 1.165) is 5.56 Å². The number of carbonyl (C=O) groups is 1. The first kappa shape index (κ1) is 17.6. The maximum atomic E-state index is 13.1. The third-order valence-corrected chi connectivity index (χ3v) is 6.35. The molecule has 1 atom stereocenters. The SMILES string of the molecule is Cc1ccc(S(=O)(=O)N2CCN(c3ccc(F)cc3)C(=O)[C@H]2C)cc1. The van der Waals surface area contributed by atoms with Crippen LogP contribution in [0.3, 0.4) is 0 Å². The predicted octanol–water partition coefficient (Wildman–Crippen LogP) is 2.56. The van der Waals surface area contributed by atoms with E-state index in [1.54, 1.807) is 31.2 Å². The Labute approximate surface area is 146 Å². The Bertz CT molecular complexity index is 880. The van der Waals surface area contributed by atoms with Gasteiger partial charge in [0.2, 0.25) is 15.9 Å². The van der Waals surface area contributed by atoms with Gasteiger partial charge in [-0.05, 0) is 50.2 Å². The number of aryl methyl sites for hydroxylation is 1. The van der Waals surface area contributed by atoms with Gasteiger partial charge in [0.1, 0.15) is 11.9 Å². The van der Waals surface area contributed by atoms with E-state index in [1.165, 1.54) is 33.5 Å². The number of nitrogens with zero attached hydrogens (tertiary/aromatic N) is 2. The molecule has 0 aliphatic carbocycles. The highest BCUT2D eigenvalue weighted by Crippen LogP contribution is 2.25. The van der Waals surface area contributed by atoms with Crippen molar-refractivity contribution in [3.8, 4) is 0 Å². The molecule has 0 radical (unpaired) electrons. The summed E-state index contributed by atoms with van der Waals surface area (Å²) in [4.78, 5) is 14.3. The van der Waals surface area contributed by atoms with Gasteiger partial charge in [0, 0.05) is 18.8 Å². The van der Waals surface area contributed by atoms with Crippen LogP contribution in [0.15, 0.2) is 53.4 Å². The zero-order valence-corrected chi connectivity index (χ0v) is 14.8. The van der Waals surface area contributed by atoms with Gasteiger partial charge >= 0.3 is 0 Å². The van der Waals surface area contributed by atoms with Gasteiger partial charge in [0.25, 0.3) is 0 Å². The van der Waals surface area contributed by atoms with Crippen LogP contribution in [-0.2, 0) is 14.8 Å². The zero-order chi connectivity index (χ0) is 18.2. The van der Waals surface area contributed by atoms with E-state index in [1.807, 2.05) is 6.92 Å². The second kappa shape index (κ2) is 6.57. The average Bonchev–Trinajstić information content (AvgIpc) is 2.58. The molecule has 0 aromatic heterocycles. The van der Waals surface area contributed by atoms with Crippen molar-refractivity contribution in [3.05, 3.63) is 59.9 Å². The summed E-state index contributed by atoms with van der Waals surface area (Å²) in [5, 5.41) is 0. The van der Waals surface area contributed by atoms with Crippen molar-refractivity contribution in [2.75, 3.05) is 18.0 Å². The maximum absolute atomic E-state index is 13.1. The molecule has 1 fully saturated rings. The minimum Gasteiger partial charge on any atom is -0.310 e. The standard InChI is InChI=1S/C18H19FN2O3S/c1-13-3-9-17(10-4-13)25(23,24)21-12-11-20(18(22)14(21)2)16-7-5-15(19)6-8-16/h3-10,14H,11-12H2,1-2H3/t14-/m1/s1. The maximum Gasteiger partial charge on any atom is 0.245 e. The summed E-state index contributed by atoms with van der Waals surface area (Å²) in [6.45, 7) is 3.86. The number of benzene rings is 2. The molecule has 1 saturated heterocycles. The van der Waals surface area contributed by atoms with Crippen molar-refractivity contribution in [2.45, 2.75) is 24.8 Å². The molecule has 0 unspecified atom stereocenters. The number of halogens is 1. The highest BCUT2D eigenvalue weighted by atomic mass is 32.2. The largest absolute Gasteiger partial charge is 0.310 e. The van der Waals surface area contributed by atoms with Crippen LogP contribution in [0.2, 0.25) is 0 Å². The van der Waals surface area contributed by atoms with Crippen LogP contribution in [0.5, 0.6) is 0 Å². The summed E-state index contributed by atoms with van der Waals surface area (Å²) < 4.78 is 40.0. The lowest BCUT2D eigenvalue weighted by Gasteiger charge is -2.38. The molecule has 132 valence electrons. The Morgan fingerprint density at radius 3 is 2.20 bits per heavy atom. The molecule has 25 heavy (non-hydrogen) atoms. The summed E-state index contributed by atoms with van der Waals surface area (Å²) in [6.07, 6.45) is 0. The Balaban J connectivity index is 1.86. The number of piperazine rings is 1. The molecule has 7 heteroatoms. The van der Waals surface area contributed by atoms with Gasteiger partial charge in [-0.3, -0.25) is 4.79 Å². The number of carbonyl (C=O) groups excluding carboxylic acids is 1. The minimum absolute atomic E-state index is 0.174. The molecule has 0 saturated carbocycles. The van der Waals surface area contributed by atoms with Gasteiger partial charge < -0.3 is 4.90 Å². The Morgan fingerprint density at radius 2 is 1.60 bits per heavy atom. The lowest BCUT2D eigenvalue weighted by molar-refractivity contribution is -0.123. The molecule has 2 aromatic rings. The number of sulfonamides is 1. The van der Waals surface area contributed by atoms with Crippen LogP contribution < -0.4 is 4.90 Å². The summed E-state index contributed by atoms with van der Waals surface area (Å²) >= 11 is 0. The molecule has 2 aromatic carbocycles. The smallest absolute Gasteiger partial charge is 0.245 e. The molecule has 3 rings (SSSR count). The van der Waals surface area contributed by atoms with Gasteiger partial charge in [0.05, 0.1) is 4.90 Å². The average molecular weight is 362 g/mol. The molecular formula is C18H19FN2O3S. The molecule has 0 N–H and O–H groups in total. The van der Waals surface area contributed by atoms with Gasteiger partial charge in [-0.1, -0.05) is 17.7 Å². The highest BCUT2D eigenvalue weighted by Gasteiger charge is 2.39. The topological polar surface area (TPSA) is 57.7 Å². The van der Waals surface area contributed by atoms with Crippen LogP contribution in [-0.4, -0.2) is 37.8 Å². The van der Waals surface area contributed by atoms with E-state index in [0.29, 0.717) is 5.69 Å². The number of hydrogen-bond donors (Lipinski definition) is 0. The number of anilines is 1. The molecule has 0 spiro atoms. The highest BCUT2D eigenvalue weighted by molar-refractivity contribution is 7.89. The normalized spacial score (nSPS) is 19.2. The van der Waals surface area contributed by atoms with Crippen molar-refractivity contribution in [1.29, 1.82) is 0 Å². The fourth-order valence-corrected chi connectivity index (χ4v) is 4.48. The monoisotopic (exact) mass is 362 g/mol. The third-order valence-electron chi connectivity index (χ3n) is 4.37. The molecule has 1 aliphatic rings. The fourth-order valence-electron chi connectivity index (χ4n) is 2.90. The van der Waals surface area contributed by atoms with Crippen LogP contribution in [0.4, 0.5) is 10.1 Å². The molecule has 1 amide bonds. The first-order valence-corrected chi connectivity index (χ1v) is 9.40. The second-order valence-corrected chi connectivity index (χ2v) is 7.96. The summed E-state index contributed by atoms with van der Waals surface area (Å²) in [7, 11) is -3.75. The lowest BCUT2D eigenvalue weighted by atomic mass is 10.2. The Hall–Kier alpha value is -2.25. The lowest BCUT2D eigenvalue weighted by Crippen LogP contribution is -2.57. The van der Waals surface area contributed by atoms with E-state index < -0.39 is 16.1 Å². The molecular weight excluding hydrogens is 343 g/mol. The summed E-state index contributed by atoms with van der Waals surface area (Å²) in [5.74, 6) is -0.710. The third kappa shape index (κ3) is 3.29. The zero-order valence-electron chi connectivity index (χ0n) is 14.0. The second-order valence-electron chi connectivity index (χ2n) is 6.07. The van der Waals surface area contributed by atoms with Crippen molar-refractivity contribution in [3.63, 3.8) is 0 Å².